The Kier molecular flexibility index (Phi) is 3.28. The highest BCUT2D eigenvalue weighted by molar-refractivity contribution is 7.92. The van der Waals surface area contributed by atoms with E-state index in [2.05, 4.69) is 15.3 Å². The molecule has 0 unspecified atom stereocenters. The minimum Gasteiger partial charge on any atom is -0.353 e. The molecular weight excluding hydrogens is 214 g/mol. The van der Waals surface area contributed by atoms with Crippen molar-refractivity contribution in [3.63, 3.8) is 0 Å². The summed E-state index contributed by atoms with van der Waals surface area (Å²) in [4.78, 5) is 7.89. The highest BCUT2D eigenvalue weighted by Gasteiger charge is 2.29. The number of nitrogens with zero attached hydrogens (tertiary/aromatic N) is 2. The first-order chi connectivity index (χ1) is 6.83. The molecule has 0 saturated carbocycles. The van der Waals surface area contributed by atoms with Crippen LogP contribution < -0.4 is 5.32 Å². The SMILES string of the molecule is CC(C)(CNc1ncccn1)S(C)(=O)=O. The number of rotatable bonds is 4. The molecule has 0 spiro atoms. The van der Waals surface area contributed by atoms with Crippen LogP contribution in [-0.2, 0) is 9.84 Å². The molecule has 6 heteroatoms. The number of hydrogen-bond acceptors (Lipinski definition) is 5. The Bertz CT molecular complexity index is 414. The van der Waals surface area contributed by atoms with Gasteiger partial charge in [0.25, 0.3) is 0 Å². The fourth-order valence-corrected chi connectivity index (χ4v) is 1.15. The van der Waals surface area contributed by atoms with Crippen LogP contribution in [0.3, 0.4) is 0 Å². The molecule has 15 heavy (non-hydrogen) atoms. The Morgan fingerprint density at radius 1 is 1.33 bits per heavy atom. The van der Waals surface area contributed by atoms with Gasteiger partial charge in [0.05, 0.1) is 4.75 Å². The maximum atomic E-state index is 11.4. The summed E-state index contributed by atoms with van der Waals surface area (Å²) in [5.41, 5.74) is 0. The quantitative estimate of drug-likeness (QED) is 0.823. The van der Waals surface area contributed by atoms with Crippen LogP contribution in [-0.4, -0.2) is 35.9 Å². The number of anilines is 1. The molecule has 0 aliphatic carbocycles. The van der Waals surface area contributed by atoms with Gasteiger partial charge in [0.2, 0.25) is 5.95 Å². The van der Waals surface area contributed by atoms with E-state index >= 15 is 0 Å². The zero-order chi connectivity index (χ0) is 11.5. The number of nitrogens with one attached hydrogen (secondary N) is 1. The molecule has 1 heterocycles. The van der Waals surface area contributed by atoms with E-state index in [1.165, 1.54) is 6.26 Å². The number of hydrogen-bond donors (Lipinski definition) is 1. The van der Waals surface area contributed by atoms with Crippen molar-refractivity contribution in [3.05, 3.63) is 18.5 Å². The van der Waals surface area contributed by atoms with Gasteiger partial charge >= 0.3 is 0 Å². The highest BCUT2D eigenvalue weighted by Crippen LogP contribution is 2.14. The van der Waals surface area contributed by atoms with E-state index in [-0.39, 0.29) is 6.54 Å². The first-order valence-corrected chi connectivity index (χ1v) is 6.42. The molecule has 0 aliphatic rings. The Labute approximate surface area is 89.9 Å². The predicted molar refractivity (Wildman–Crippen MR) is 59.4 cm³/mol. The van der Waals surface area contributed by atoms with Gasteiger partial charge in [-0.05, 0) is 19.9 Å². The van der Waals surface area contributed by atoms with E-state index in [0.29, 0.717) is 5.95 Å². The second kappa shape index (κ2) is 4.14. The van der Waals surface area contributed by atoms with E-state index < -0.39 is 14.6 Å². The molecule has 0 aliphatic heterocycles. The smallest absolute Gasteiger partial charge is 0.222 e. The van der Waals surface area contributed by atoms with Gasteiger partial charge in [0.15, 0.2) is 9.84 Å². The average Bonchev–Trinajstić information content (AvgIpc) is 2.15. The van der Waals surface area contributed by atoms with Gasteiger partial charge in [0.1, 0.15) is 0 Å². The zero-order valence-corrected chi connectivity index (χ0v) is 9.87. The molecule has 5 nitrogen and oxygen atoms in total. The molecule has 0 saturated heterocycles. The summed E-state index contributed by atoms with van der Waals surface area (Å²) in [6.45, 7) is 3.62. The van der Waals surface area contributed by atoms with Crippen LogP contribution in [0.15, 0.2) is 18.5 Å². The van der Waals surface area contributed by atoms with Crippen molar-refractivity contribution >= 4 is 15.8 Å². The van der Waals surface area contributed by atoms with E-state index in [1.54, 1.807) is 32.3 Å². The monoisotopic (exact) mass is 229 g/mol. The molecule has 0 amide bonds. The predicted octanol–water partition coefficient (Wildman–Crippen LogP) is 0.712. The third-order valence-electron chi connectivity index (χ3n) is 2.24. The largest absolute Gasteiger partial charge is 0.353 e. The summed E-state index contributed by atoms with van der Waals surface area (Å²) in [5.74, 6) is 0.439. The van der Waals surface area contributed by atoms with Crippen molar-refractivity contribution in [2.45, 2.75) is 18.6 Å². The van der Waals surface area contributed by atoms with Gasteiger partial charge in [-0.25, -0.2) is 18.4 Å². The van der Waals surface area contributed by atoms with Crippen LogP contribution in [0.4, 0.5) is 5.95 Å². The molecule has 1 rings (SSSR count). The van der Waals surface area contributed by atoms with E-state index in [1.807, 2.05) is 0 Å². The van der Waals surface area contributed by atoms with Crippen molar-refractivity contribution in [2.24, 2.45) is 0 Å². The number of aromatic nitrogens is 2. The summed E-state index contributed by atoms with van der Waals surface area (Å²) in [5, 5.41) is 2.89. The van der Waals surface area contributed by atoms with Crippen molar-refractivity contribution in [1.82, 2.24) is 9.97 Å². The minimum atomic E-state index is -3.09. The second-order valence-corrected chi connectivity index (χ2v) is 6.61. The van der Waals surface area contributed by atoms with Gasteiger partial charge in [-0.2, -0.15) is 0 Å². The summed E-state index contributed by atoms with van der Waals surface area (Å²) in [7, 11) is -3.09. The van der Waals surface area contributed by atoms with E-state index in [4.69, 9.17) is 0 Å². The molecule has 0 fully saturated rings. The summed E-state index contributed by atoms with van der Waals surface area (Å²) >= 11 is 0. The zero-order valence-electron chi connectivity index (χ0n) is 9.06. The Morgan fingerprint density at radius 2 is 1.87 bits per heavy atom. The molecule has 0 radical (unpaired) electrons. The van der Waals surface area contributed by atoms with Crippen molar-refractivity contribution in [1.29, 1.82) is 0 Å². The maximum absolute atomic E-state index is 11.4. The summed E-state index contributed by atoms with van der Waals surface area (Å²) < 4.78 is 22.0. The topological polar surface area (TPSA) is 72.0 Å². The van der Waals surface area contributed by atoms with Crippen molar-refractivity contribution < 1.29 is 8.42 Å². The van der Waals surface area contributed by atoms with Crippen molar-refractivity contribution in [2.75, 3.05) is 18.1 Å². The lowest BCUT2D eigenvalue weighted by Gasteiger charge is -2.22. The van der Waals surface area contributed by atoms with Crippen LogP contribution >= 0.6 is 0 Å². The van der Waals surface area contributed by atoms with E-state index in [9.17, 15) is 8.42 Å². The van der Waals surface area contributed by atoms with Crippen LogP contribution in [0, 0.1) is 0 Å². The highest BCUT2D eigenvalue weighted by atomic mass is 32.2. The first-order valence-electron chi connectivity index (χ1n) is 4.53. The van der Waals surface area contributed by atoms with Gasteiger partial charge in [-0.15, -0.1) is 0 Å². The Morgan fingerprint density at radius 3 is 2.33 bits per heavy atom. The third kappa shape index (κ3) is 3.16. The normalized spacial score (nSPS) is 12.5. The first kappa shape index (κ1) is 11.9. The molecule has 1 aromatic heterocycles. The summed E-state index contributed by atoms with van der Waals surface area (Å²) in [6, 6.07) is 1.70. The third-order valence-corrected chi connectivity index (χ3v) is 4.39. The van der Waals surface area contributed by atoms with Crippen molar-refractivity contribution in [3.8, 4) is 0 Å². The van der Waals surface area contributed by atoms with Gasteiger partial charge in [-0.3, -0.25) is 0 Å². The molecule has 0 bridgehead atoms. The van der Waals surface area contributed by atoms with Crippen LogP contribution in [0.1, 0.15) is 13.8 Å². The fraction of sp³-hybridized carbons (Fsp3) is 0.556. The standard InChI is InChI=1S/C9H15N3O2S/c1-9(2,15(3,13)14)7-12-8-10-5-4-6-11-8/h4-6H,7H2,1-3H3,(H,10,11,12). The second-order valence-electron chi connectivity index (χ2n) is 3.96. The van der Waals surface area contributed by atoms with Gasteiger partial charge < -0.3 is 5.32 Å². The van der Waals surface area contributed by atoms with E-state index in [0.717, 1.165) is 0 Å². The number of sulfone groups is 1. The lowest BCUT2D eigenvalue weighted by molar-refractivity contribution is 0.559. The van der Waals surface area contributed by atoms with Crippen LogP contribution in [0.2, 0.25) is 0 Å². The Hall–Kier alpha value is -1.17. The Balaban J connectivity index is 2.66. The molecule has 0 aromatic carbocycles. The van der Waals surface area contributed by atoms with Crippen LogP contribution in [0.5, 0.6) is 0 Å². The molecular formula is C9H15N3O2S. The fourth-order valence-electron chi connectivity index (χ4n) is 0.813. The lowest BCUT2D eigenvalue weighted by Crippen LogP contribution is -2.38. The van der Waals surface area contributed by atoms with Crippen LogP contribution in [0.25, 0.3) is 0 Å². The molecule has 0 atom stereocenters. The molecule has 1 N–H and O–H groups in total. The average molecular weight is 229 g/mol. The van der Waals surface area contributed by atoms with Gasteiger partial charge in [-0.1, -0.05) is 0 Å². The summed E-state index contributed by atoms with van der Waals surface area (Å²) in [6.07, 6.45) is 4.42. The van der Waals surface area contributed by atoms with Gasteiger partial charge in [0, 0.05) is 25.2 Å². The molecule has 84 valence electrons. The maximum Gasteiger partial charge on any atom is 0.222 e. The minimum absolute atomic E-state index is 0.288. The lowest BCUT2D eigenvalue weighted by atomic mass is 10.2. The molecule has 1 aromatic rings.